The number of likely N-dealkylation sites (tertiary alicyclic amines) is 2. The molecule has 0 radical (unpaired) electrons. The fraction of sp³-hybridized carbons (Fsp3) is 0.450. The van der Waals surface area contributed by atoms with E-state index in [0.29, 0.717) is 32.5 Å². The number of benzene rings is 1. The van der Waals surface area contributed by atoms with Crippen LogP contribution in [0.5, 0.6) is 0 Å². The minimum atomic E-state index is -0.914. The van der Waals surface area contributed by atoms with Crippen LogP contribution in [0.25, 0.3) is 0 Å². The molecule has 0 unspecified atom stereocenters. The summed E-state index contributed by atoms with van der Waals surface area (Å²) in [5.74, 6) is -1.86. The Morgan fingerprint density at radius 1 is 1.29 bits per heavy atom. The average molecular weight is 388 g/mol. The monoisotopic (exact) mass is 388 g/mol. The summed E-state index contributed by atoms with van der Waals surface area (Å²) < 4.78 is 27.5. The van der Waals surface area contributed by atoms with Gasteiger partial charge < -0.3 is 14.8 Å². The summed E-state index contributed by atoms with van der Waals surface area (Å²) in [6.07, 6.45) is 3.62. The maximum Gasteiger partial charge on any atom is 0.289 e. The van der Waals surface area contributed by atoms with Crippen LogP contribution in [0.1, 0.15) is 41.1 Å². The molecule has 148 valence electrons. The van der Waals surface area contributed by atoms with Crippen LogP contribution in [0.15, 0.2) is 24.4 Å². The largest absolute Gasteiger partial charge is 0.338 e. The third kappa shape index (κ3) is 3.16. The fourth-order valence-electron chi connectivity index (χ4n) is 4.27. The van der Waals surface area contributed by atoms with Crippen LogP contribution in [-0.4, -0.2) is 51.2 Å². The van der Waals surface area contributed by atoms with E-state index in [-0.39, 0.29) is 29.7 Å². The highest BCUT2D eigenvalue weighted by molar-refractivity contribution is 5.92. The Hall–Kier alpha value is -2.77. The van der Waals surface area contributed by atoms with Gasteiger partial charge in [-0.1, -0.05) is 12.1 Å². The van der Waals surface area contributed by atoms with Crippen LogP contribution in [-0.2, 0) is 11.3 Å². The Morgan fingerprint density at radius 2 is 2.11 bits per heavy atom. The molecule has 1 spiro atoms. The molecule has 3 heterocycles. The third-order valence-electron chi connectivity index (χ3n) is 5.76. The molecule has 8 heteroatoms. The van der Waals surface area contributed by atoms with Crippen LogP contribution >= 0.6 is 0 Å². The molecular formula is C20H22F2N4O2. The van der Waals surface area contributed by atoms with E-state index in [1.165, 1.54) is 12.1 Å². The molecule has 28 heavy (non-hydrogen) atoms. The zero-order chi connectivity index (χ0) is 19.9. The van der Waals surface area contributed by atoms with E-state index in [1.807, 2.05) is 6.92 Å². The number of nitrogens with one attached hydrogen (secondary N) is 1. The van der Waals surface area contributed by atoms with Gasteiger partial charge in [0, 0.05) is 43.6 Å². The molecule has 2 fully saturated rings. The fourth-order valence-corrected chi connectivity index (χ4v) is 4.27. The number of nitrogens with zero attached hydrogens (tertiary/aromatic N) is 3. The highest BCUT2D eigenvalue weighted by atomic mass is 19.2. The first-order chi connectivity index (χ1) is 13.4. The van der Waals surface area contributed by atoms with Gasteiger partial charge in [-0.15, -0.1) is 0 Å². The number of amides is 2. The van der Waals surface area contributed by atoms with E-state index in [0.717, 1.165) is 18.2 Å². The minimum Gasteiger partial charge on any atom is -0.338 e. The van der Waals surface area contributed by atoms with Crippen molar-refractivity contribution in [3.8, 4) is 0 Å². The summed E-state index contributed by atoms with van der Waals surface area (Å²) >= 11 is 0. The Kier molecular flexibility index (Phi) is 4.64. The number of carbonyl (C=O) groups is 2. The molecular weight excluding hydrogens is 366 g/mol. The van der Waals surface area contributed by atoms with Gasteiger partial charge in [0.2, 0.25) is 5.91 Å². The maximum absolute atomic E-state index is 14.0. The molecule has 2 saturated heterocycles. The van der Waals surface area contributed by atoms with Crippen LogP contribution in [0.4, 0.5) is 8.78 Å². The van der Waals surface area contributed by atoms with Crippen molar-refractivity contribution >= 4 is 11.8 Å². The standard InChI is InChI=1S/C20H22F2N4O2/c1-13-10-23-17(24-13)18(27)26-9-7-20(12-26)6-3-8-25(19(20)28)11-14-4-2-5-15(21)16(14)22/h2,4-5,10H,3,6-9,11-12H2,1H3,(H,23,24)/t20-/m1/s1. The number of imidazole rings is 1. The van der Waals surface area contributed by atoms with Gasteiger partial charge in [0.1, 0.15) is 0 Å². The number of carbonyl (C=O) groups excluding carboxylic acids is 2. The van der Waals surface area contributed by atoms with Crippen molar-refractivity contribution in [1.82, 2.24) is 19.8 Å². The van der Waals surface area contributed by atoms with Crippen LogP contribution in [0, 0.1) is 24.0 Å². The lowest BCUT2D eigenvalue weighted by molar-refractivity contribution is -0.146. The molecule has 1 aromatic carbocycles. The van der Waals surface area contributed by atoms with E-state index >= 15 is 0 Å². The molecule has 2 aliphatic heterocycles. The molecule has 4 rings (SSSR count). The number of aromatic nitrogens is 2. The smallest absolute Gasteiger partial charge is 0.289 e. The van der Waals surface area contributed by atoms with Crippen molar-refractivity contribution < 1.29 is 18.4 Å². The maximum atomic E-state index is 14.0. The summed E-state index contributed by atoms with van der Waals surface area (Å²) in [7, 11) is 0. The summed E-state index contributed by atoms with van der Waals surface area (Å²) in [4.78, 5) is 36.1. The second kappa shape index (κ2) is 7.00. The van der Waals surface area contributed by atoms with E-state index in [1.54, 1.807) is 16.0 Å². The Labute approximate surface area is 161 Å². The first kappa shape index (κ1) is 18.6. The van der Waals surface area contributed by atoms with Gasteiger partial charge in [-0.2, -0.15) is 0 Å². The molecule has 1 N–H and O–H groups in total. The van der Waals surface area contributed by atoms with Crippen LogP contribution < -0.4 is 0 Å². The zero-order valence-electron chi connectivity index (χ0n) is 15.7. The lowest BCUT2D eigenvalue weighted by Gasteiger charge is -2.39. The van der Waals surface area contributed by atoms with E-state index < -0.39 is 17.0 Å². The molecule has 1 atom stereocenters. The number of H-pyrrole nitrogens is 1. The van der Waals surface area contributed by atoms with Crippen molar-refractivity contribution in [2.45, 2.75) is 32.7 Å². The first-order valence-electron chi connectivity index (χ1n) is 9.43. The number of aromatic amines is 1. The highest BCUT2D eigenvalue weighted by Gasteiger charge is 2.49. The quantitative estimate of drug-likeness (QED) is 0.879. The summed E-state index contributed by atoms with van der Waals surface area (Å²) in [5.41, 5.74) is 0.316. The van der Waals surface area contributed by atoms with Gasteiger partial charge in [-0.25, -0.2) is 13.8 Å². The SMILES string of the molecule is Cc1cnc(C(=O)N2CC[C@]3(CCCN(Cc4cccc(F)c4F)C3=O)C2)[nH]1. The second-order valence-electron chi connectivity index (χ2n) is 7.72. The summed E-state index contributed by atoms with van der Waals surface area (Å²) in [5, 5.41) is 0. The first-order valence-corrected chi connectivity index (χ1v) is 9.43. The number of aryl methyl sites for hydroxylation is 1. The van der Waals surface area contributed by atoms with Crippen LogP contribution in [0.2, 0.25) is 0 Å². The second-order valence-corrected chi connectivity index (χ2v) is 7.72. The average Bonchev–Trinajstić information content (AvgIpc) is 3.30. The topological polar surface area (TPSA) is 69.3 Å². The highest BCUT2D eigenvalue weighted by Crippen LogP contribution is 2.41. The number of halogens is 2. The predicted octanol–water partition coefficient (Wildman–Crippen LogP) is 2.65. The number of rotatable bonds is 3. The van der Waals surface area contributed by atoms with Gasteiger partial charge in [-0.3, -0.25) is 9.59 Å². The van der Waals surface area contributed by atoms with Gasteiger partial charge in [0.05, 0.1) is 5.41 Å². The van der Waals surface area contributed by atoms with E-state index in [4.69, 9.17) is 0 Å². The molecule has 6 nitrogen and oxygen atoms in total. The van der Waals surface area contributed by atoms with Gasteiger partial charge >= 0.3 is 0 Å². The van der Waals surface area contributed by atoms with Crippen molar-refractivity contribution in [1.29, 1.82) is 0 Å². The molecule has 2 aliphatic rings. The minimum absolute atomic E-state index is 0.0372. The summed E-state index contributed by atoms with van der Waals surface area (Å²) in [6.45, 7) is 3.17. The molecule has 2 aromatic rings. The van der Waals surface area contributed by atoms with Crippen molar-refractivity contribution in [3.63, 3.8) is 0 Å². The Balaban J connectivity index is 1.50. The third-order valence-corrected chi connectivity index (χ3v) is 5.76. The lowest BCUT2D eigenvalue weighted by atomic mass is 9.78. The van der Waals surface area contributed by atoms with E-state index in [2.05, 4.69) is 9.97 Å². The van der Waals surface area contributed by atoms with Gasteiger partial charge in [0.25, 0.3) is 5.91 Å². The number of piperidine rings is 1. The Morgan fingerprint density at radius 3 is 2.86 bits per heavy atom. The molecule has 0 bridgehead atoms. The number of hydrogen-bond acceptors (Lipinski definition) is 3. The number of hydrogen-bond donors (Lipinski definition) is 1. The zero-order valence-corrected chi connectivity index (χ0v) is 15.7. The van der Waals surface area contributed by atoms with Crippen molar-refractivity contribution in [2.75, 3.05) is 19.6 Å². The lowest BCUT2D eigenvalue weighted by Crippen LogP contribution is -2.50. The van der Waals surface area contributed by atoms with Gasteiger partial charge in [0.15, 0.2) is 17.5 Å². The Bertz CT molecular complexity index is 929. The van der Waals surface area contributed by atoms with E-state index in [9.17, 15) is 18.4 Å². The van der Waals surface area contributed by atoms with Crippen molar-refractivity contribution in [3.05, 3.63) is 53.1 Å². The normalized spacial score (nSPS) is 22.3. The molecule has 2 amide bonds. The predicted molar refractivity (Wildman–Crippen MR) is 97.3 cm³/mol. The van der Waals surface area contributed by atoms with Gasteiger partial charge in [-0.05, 0) is 32.3 Å². The molecule has 0 saturated carbocycles. The molecule has 1 aromatic heterocycles. The van der Waals surface area contributed by atoms with Crippen LogP contribution in [0.3, 0.4) is 0 Å². The summed E-state index contributed by atoms with van der Waals surface area (Å²) in [6, 6.07) is 4.01. The van der Waals surface area contributed by atoms with Crippen molar-refractivity contribution in [2.24, 2.45) is 5.41 Å². The molecule has 0 aliphatic carbocycles.